The van der Waals surface area contributed by atoms with Crippen molar-refractivity contribution in [2.45, 2.75) is 63.9 Å². The van der Waals surface area contributed by atoms with Gasteiger partial charge in [0.05, 0.1) is 6.10 Å². The van der Waals surface area contributed by atoms with E-state index in [2.05, 4.69) is 19.1 Å². The van der Waals surface area contributed by atoms with Crippen LogP contribution in [0, 0.1) is 17.3 Å². The summed E-state index contributed by atoms with van der Waals surface area (Å²) < 4.78 is 11.2. The Balaban J connectivity index is 1.52. The fraction of sp³-hybridized carbons (Fsp3) is 0.560. The molecule has 4 nitrogen and oxygen atoms in total. The monoisotopic (exact) mass is 392 g/mol. The van der Waals surface area contributed by atoms with Crippen molar-refractivity contribution >= 4 is 5.78 Å². The van der Waals surface area contributed by atoms with Crippen molar-refractivity contribution in [1.82, 2.24) is 0 Å². The van der Waals surface area contributed by atoms with Crippen molar-refractivity contribution < 1.29 is 19.4 Å². The highest BCUT2D eigenvalue weighted by Crippen LogP contribution is 2.64. The molecule has 1 aliphatic heterocycles. The first-order chi connectivity index (χ1) is 14.0. The third kappa shape index (κ3) is 2.51. The molecule has 5 atom stereocenters. The average molecular weight is 392 g/mol. The normalized spacial score (nSPS) is 37.7. The fourth-order valence-electron chi connectivity index (χ4n) is 7.06. The molecule has 0 aromatic heterocycles. The third-order valence-electron chi connectivity index (χ3n) is 8.48. The van der Waals surface area contributed by atoms with E-state index in [0.29, 0.717) is 18.3 Å². The lowest BCUT2D eigenvalue weighted by atomic mass is 9.53. The van der Waals surface area contributed by atoms with Crippen LogP contribution >= 0.6 is 0 Å². The first-order valence-corrected chi connectivity index (χ1v) is 11.1. The fourth-order valence-corrected chi connectivity index (χ4v) is 7.06. The van der Waals surface area contributed by atoms with Gasteiger partial charge in [-0.05, 0) is 90.7 Å². The number of aliphatic hydroxyl groups excluding tert-OH is 1. The molecular weight excluding hydrogens is 364 g/mol. The number of carbonyl (C=O) groups excluding carboxylic acids is 1. The molecule has 6 rings (SSSR count). The SMILES string of the molecule is CC12CC(c3ccc4c(c3)OCO4)C3=C4CCC(=O)C=C4CCC3C1CCC2O. The van der Waals surface area contributed by atoms with Gasteiger partial charge in [0.25, 0.3) is 0 Å². The van der Waals surface area contributed by atoms with Gasteiger partial charge in [-0.3, -0.25) is 4.79 Å². The van der Waals surface area contributed by atoms with Crippen LogP contribution in [0.15, 0.2) is 41.0 Å². The van der Waals surface area contributed by atoms with E-state index >= 15 is 0 Å². The molecule has 2 fully saturated rings. The zero-order chi connectivity index (χ0) is 19.8. The van der Waals surface area contributed by atoms with E-state index < -0.39 is 0 Å². The molecule has 0 spiro atoms. The summed E-state index contributed by atoms with van der Waals surface area (Å²) in [5, 5.41) is 10.9. The number of hydrogen-bond donors (Lipinski definition) is 1. The second-order valence-electron chi connectivity index (χ2n) is 9.79. The molecule has 0 bridgehead atoms. The van der Waals surface area contributed by atoms with Crippen LogP contribution in [0.25, 0.3) is 0 Å². The smallest absolute Gasteiger partial charge is 0.231 e. The Labute approximate surface area is 171 Å². The molecule has 1 aromatic rings. The lowest BCUT2D eigenvalue weighted by Gasteiger charge is -2.52. The van der Waals surface area contributed by atoms with Crippen LogP contribution in [0.3, 0.4) is 0 Å². The minimum Gasteiger partial charge on any atom is -0.454 e. The van der Waals surface area contributed by atoms with Gasteiger partial charge >= 0.3 is 0 Å². The summed E-state index contributed by atoms with van der Waals surface area (Å²) in [4.78, 5) is 12.1. The number of allylic oxidation sites excluding steroid dienone is 4. The minimum atomic E-state index is -0.222. The zero-order valence-electron chi connectivity index (χ0n) is 16.9. The van der Waals surface area contributed by atoms with Crippen LogP contribution in [0.5, 0.6) is 11.5 Å². The molecule has 1 aromatic carbocycles. The molecule has 2 saturated carbocycles. The molecular formula is C25H28O4. The molecule has 4 heteroatoms. The Morgan fingerprint density at radius 3 is 2.83 bits per heavy atom. The Morgan fingerprint density at radius 2 is 1.93 bits per heavy atom. The predicted octanol–water partition coefficient (Wildman–Crippen LogP) is 4.68. The summed E-state index contributed by atoms with van der Waals surface area (Å²) in [5.74, 6) is 3.26. The molecule has 5 unspecified atom stereocenters. The maximum absolute atomic E-state index is 12.1. The number of rotatable bonds is 1. The molecule has 1 heterocycles. The van der Waals surface area contributed by atoms with Gasteiger partial charge in [0, 0.05) is 12.3 Å². The van der Waals surface area contributed by atoms with Gasteiger partial charge in [-0.25, -0.2) is 0 Å². The van der Waals surface area contributed by atoms with Crippen LogP contribution < -0.4 is 9.47 Å². The average Bonchev–Trinajstić information content (AvgIpc) is 3.30. The number of aliphatic hydroxyl groups is 1. The second kappa shape index (κ2) is 6.21. The van der Waals surface area contributed by atoms with Crippen molar-refractivity contribution in [3.63, 3.8) is 0 Å². The van der Waals surface area contributed by atoms with Crippen LogP contribution in [0.2, 0.25) is 0 Å². The van der Waals surface area contributed by atoms with Gasteiger partial charge in [0.15, 0.2) is 17.3 Å². The maximum atomic E-state index is 12.1. The molecule has 0 radical (unpaired) electrons. The van der Waals surface area contributed by atoms with E-state index in [1.54, 1.807) is 5.57 Å². The van der Waals surface area contributed by atoms with Gasteiger partial charge in [-0.1, -0.05) is 18.6 Å². The Kier molecular flexibility index (Phi) is 3.80. The number of fused-ring (bicyclic) bond motifs is 5. The largest absolute Gasteiger partial charge is 0.454 e. The van der Waals surface area contributed by atoms with Crippen molar-refractivity contribution in [3.8, 4) is 11.5 Å². The van der Waals surface area contributed by atoms with E-state index in [1.807, 2.05) is 12.1 Å². The standard InChI is InChI=1S/C25H28O4/c1-25-12-19(15-3-8-21-22(11-15)29-13-28-21)24-17-6-4-16(26)10-14(17)2-5-18(24)20(25)7-9-23(25)27/h3,8,10-11,18-20,23,27H,2,4-7,9,12-13H2,1H3. The van der Waals surface area contributed by atoms with Crippen LogP contribution in [0.4, 0.5) is 0 Å². The number of ketones is 1. The number of hydrogen-bond acceptors (Lipinski definition) is 4. The number of carbonyl (C=O) groups is 1. The molecule has 1 N–H and O–H groups in total. The second-order valence-corrected chi connectivity index (χ2v) is 9.79. The quantitative estimate of drug-likeness (QED) is 0.754. The summed E-state index contributed by atoms with van der Waals surface area (Å²) >= 11 is 0. The van der Waals surface area contributed by atoms with Crippen molar-refractivity contribution in [2.75, 3.05) is 6.79 Å². The first-order valence-electron chi connectivity index (χ1n) is 11.1. The molecule has 0 amide bonds. The zero-order valence-corrected chi connectivity index (χ0v) is 16.9. The summed E-state index contributed by atoms with van der Waals surface area (Å²) in [7, 11) is 0. The Hall–Kier alpha value is -2.07. The Morgan fingerprint density at radius 1 is 1.07 bits per heavy atom. The third-order valence-corrected chi connectivity index (χ3v) is 8.48. The number of ether oxygens (including phenoxy) is 2. The molecule has 5 aliphatic rings. The van der Waals surface area contributed by atoms with E-state index in [0.717, 1.165) is 50.0 Å². The summed E-state index contributed by atoms with van der Waals surface area (Å²) in [6.45, 7) is 2.60. The maximum Gasteiger partial charge on any atom is 0.231 e. The highest BCUT2D eigenvalue weighted by Gasteiger charge is 2.56. The highest BCUT2D eigenvalue weighted by atomic mass is 16.7. The summed E-state index contributed by atoms with van der Waals surface area (Å²) in [5.41, 5.74) is 5.51. The van der Waals surface area contributed by atoms with Gasteiger partial charge < -0.3 is 14.6 Å². The predicted molar refractivity (Wildman–Crippen MR) is 109 cm³/mol. The molecule has 0 saturated heterocycles. The van der Waals surface area contributed by atoms with Crippen molar-refractivity contribution in [2.24, 2.45) is 17.3 Å². The molecule has 29 heavy (non-hydrogen) atoms. The van der Waals surface area contributed by atoms with Crippen LogP contribution in [-0.2, 0) is 4.79 Å². The molecule has 4 aliphatic carbocycles. The van der Waals surface area contributed by atoms with Gasteiger partial charge in [-0.15, -0.1) is 0 Å². The summed E-state index contributed by atoms with van der Waals surface area (Å²) in [6, 6.07) is 6.36. The minimum absolute atomic E-state index is 0.0402. The summed E-state index contributed by atoms with van der Waals surface area (Å²) in [6.07, 6.45) is 8.31. The lowest BCUT2D eigenvalue weighted by Crippen LogP contribution is -2.45. The van der Waals surface area contributed by atoms with Crippen molar-refractivity contribution in [1.29, 1.82) is 0 Å². The van der Waals surface area contributed by atoms with Crippen LogP contribution in [0.1, 0.15) is 63.4 Å². The van der Waals surface area contributed by atoms with Gasteiger partial charge in [0.2, 0.25) is 6.79 Å². The highest BCUT2D eigenvalue weighted by molar-refractivity contribution is 5.93. The number of benzene rings is 1. The van der Waals surface area contributed by atoms with Crippen LogP contribution in [-0.4, -0.2) is 23.8 Å². The van der Waals surface area contributed by atoms with E-state index in [4.69, 9.17) is 9.47 Å². The molecule has 152 valence electrons. The van der Waals surface area contributed by atoms with Gasteiger partial charge in [-0.2, -0.15) is 0 Å². The van der Waals surface area contributed by atoms with E-state index in [9.17, 15) is 9.90 Å². The van der Waals surface area contributed by atoms with Crippen molar-refractivity contribution in [3.05, 3.63) is 46.6 Å². The topological polar surface area (TPSA) is 55.8 Å². The van der Waals surface area contributed by atoms with E-state index in [1.165, 1.54) is 16.7 Å². The Bertz CT molecular complexity index is 958. The van der Waals surface area contributed by atoms with E-state index in [-0.39, 0.29) is 30.0 Å². The first kappa shape index (κ1) is 17.8. The van der Waals surface area contributed by atoms with Gasteiger partial charge in [0.1, 0.15) is 0 Å². The lowest BCUT2D eigenvalue weighted by molar-refractivity contribution is -0.114.